The lowest BCUT2D eigenvalue weighted by Crippen LogP contribution is -2.21. The van der Waals surface area contributed by atoms with Gasteiger partial charge in [-0.15, -0.1) is 0 Å². The Labute approximate surface area is 118 Å². The van der Waals surface area contributed by atoms with Crippen LogP contribution in [0.25, 0.3) is 0 Å². The predicted molar refractivity (Wildman–Crippen MR) is 77.7 cm³/mol. The van der Waals surface area contributed by atoms with Crippen LogP contribution in [0.4, 0.5) is 0 Å². The van der Waals surface area contributed by atoms with Crippen molar-refractivity contribution in [2.24, 2.45) is 17.8 Å². The van der Waals surface area contributed by atoms with Gasteiger partial charge < -0.3 is 9.47 Å². The second-order valence-corrected chi connectivity index (χ2v) is 7.78. The van der Waals surface area contributed by atoms with E-state index in [1.807, 2.05) is 27.7 Å². The summed E-state index contributed by atoms with van der Waals surface area (Å²) in [5, 5.41) is 0. The fourth-order valence-corrected chi connectivity index (χ4v) is 2.54. The largest absolute Gasteiger partial charge is 0.465 e. The van der Waals surface area contributed by atoms with E-state index >= 15 is 0 Å². The van der Waals surface area contributed by atoms with Gasteiger partial charge in [-0.3, -0.25) is 4.79 Å². The lowest BCUT2D eigenvalue weighted by atomic mass is 10.2. The molecule has 0 aromatic heterocycles. The van der Waals surface area contributed by atoms with E-state index in [4.69, 9.17) is 9.47 Å². The van der Waals surface area contributed by atoms with Crippen LogP contribution in [0.5, 0.6) is 0 Å². The van der Waals surface area contributed by atoms with Crippen LogP contribution in [-0.2, 0) is 18.8 Å². The van der Waals surface area contributed by atoms with Crippen LogP contribution in [0.2, 0.25) is 0 Å². The maximum Gasteiger partial charge on any atom is 0.370 e. The highest BCUT2D eigenvalue weighted by Crippen LogP contribution is 2.31. The van der Waals surface area contributed by atoms with E-state index in [0.29, 0.717) is 31.2 Å². The maximum absolute atomic E-state index is 12.0. The fraction of sp³-hybridized carbons (Fsp3) is 0.929. The molecule has 3 atom stereocenters. The Morgan fingerprint density at radius 1 is 1.00 bits per heavy atom. The number of carbonyl (C=O) groups is 1. The monoisotopic (exact) mass is 291 g/mol. The third-order valence-electron chi connectivity index (χ3n) is 2.49. The molecule has 0 aliphatic carbocycles. The minimum atomic E-state index is -1.54. The average Bonchev–Trinajstić information content (AvgIpc) is 2.32. The van der Waals surface area contributed by atoms with Gasteiger partial charge in [0, 0.05) is 6.92 Å². The van der Waals surface area contributed by atoms with E-state index in [9.17, 15) is 9.36 Å². The Morgan fingerprint density at radius 3 is 2.00 bits per heavy atom. The minimum Gasteiger partial charge on any atom is -0.465 e. The molecule has 0 aromatic carbocycles. The molecule has 0 fully saturated rings. The fourth-order valence-electron chi connectivity index (χ4n) is 1.30. The molecule has 0 radical (unpaired) electrons. The summed E-state index contributed by atoms with van der Waals surface area (Å²) in [5.41, 5.74) is 0. The first-order chi connectivity index (χ1) is 8.73. The predicted octanol–water partition coefficient (Wildman–Crippen LogP) is 3.67. The van der Waals surface area contributed by atoms with Crippen LogP contribution < -0.4 is 0 Å². The molecule has 0 aliphatic rings. The zero-order valence-electron chi connectivity index (χ0n) is 13.0. The Hall–Kier alpha value is -0.470. The van der Waals surface area contributed by atoms with Gasteiger partial charge in [0.1, 0.15) is 0 Å². The zero-order chi connectivity index (χ0) is 15.0. The van der Waals surface area contributed by atoms with Crippen LogP contribution in [0.15, 0.2) is 0 Å². The first kappa shape index (κ1) is 18.5. The Bertz CT molecular complexity index is 289. The summed E-state index contributed by atoms with van der Waals surface area (Å²) in [7, 11) is -1.54. The molecular formula is C14H28O4P+. The summed E-state index contributed by atoms with van der Waals surface area (Å²) in [4.78, 5) is 11.7. The maximum atomic E-state index is 12.0. The summed E-state index contributed by atoms with van der Waals surface area (Å²) in [6, 6.07) is 0. The molecule has 4 nitrogen and oxygen atoms in total. The molecule has 0 bridgehead atoms. The molecule has 0 amide bonds. The van der Waals surface area contributed by atoms with Crippen LogP contribution >= 0.6 is 7.80 Å². The van der Waals surface area contributed by atoms with Crippen molar-refractivity contribution in [1.29, 1.82) is 0 Å². The van der Waals surface area contributed by atoms with Crippen molar-refractivity contribution >= 4 is 13.8 Å². The van der Waals surface area contributed by atoms with E-state index in [-0.39, 0.29) is 17.7 Å². The van der Waals surface area contributed by atoms with Gasteiger partial charge in [-0.2, -0.15) is 0 Å². The average molecular weight is 291 g/mol. The van der Waals surface area contributed by atoms with Gasteiger partial charge in [0.15, 0.2) is 6.16 Å². The van der Waals surface area contributed by atoms with Gasteiger partial charge in [-0.1, -0.05) is 32.3 Å². The second kappa shape index (κ2) is 9.44. The highest BCUT2D eigenvalue weighted by Gasteiger charge is 2.32. The Morgan fingerprint density at radius 2 is 1.53 bits per heavy atom. The lowest BCUT2D eigenvalue weighted by molar-refractivity contribution is -0.148. The third kappa shape index (κ3) is 9.12. The van der Waals surface area contributed by atoms with E-state index in [1.54, 1.807) is 13.8 Å². The quantitative estimate of drug-likeness (QED) is 0.480. The van der Waals surface area contributed by atoms with Crippen LogP contribution in [0, 0.1) is 17.8 Å². The normalized spacial score (nSPS) is 15.5. The van der Waals surface area contributed by atoms with Crippen molar-refractivity contribution in [1.82, 2.24) is 0 Å². The molecule has 0 spiro atoms. The molecule has 19 heavy (non-hydrogen) atoms. The number of rotatable bonds is 9. The van der Waals surface area contributed by atoms with Gasteiger partial charge in [0.2, 0.25) is 0 Å². The summed E-state index contributed by atoms with van der Waals surface area (Å²) < 4.78 is 22.7. The molecule has 5 heteroatoms. The zero-order valence-corrected chi connectivity index (χ0v) is 13.9. The van der Waals surface area contributed by atoms with Crippen molar-refractivity contribution in [2.75, 3.05) is 19.4 Å². The topological polar surface area (TPSA) is 52.6 Å². The van der Waals surface area contributed by atoms with Crippen molar-refractivity contribution in [3.05, 3.63) is 0 Å². The molecule has 112 valence electrons. The van der Waals surface area contributed by atoms with Crippen molar-refractivity contribution in [3.63, 3.8) is 0 Å². The van der Waals surface area contributed by atoms with E-state index < -0.39 is 7.80 Å². The molecule has 0 rings (SSSR count). The molecule has 3 unspecified atom stereocenters. The van der Waals surface area contributed by atoms with Crippen molar-refractivity contribution in [2.45, 2.75) is 47.4 Å². The third-order valence-corrected chi connectivity index (χ3v) is 4.36. The molecule has 0 aromatic rings. The second-order valence-electron chi connectivity index (χ2n) is 5.85. The molecule has 0 saturated heterocycles. The highest BCUT2D eigenvalue weighted by molar-refractivity contribution is 7.45. The van der Waals surface area contributed by atoms with Gasteiger partial charge in [-0.05, 0) is 18.8 Å². The van der Waals surface area contributed by atoms with E-state index in [2.05, 4.69) is 0 Å². The number of hydrogen-bond donors (Lipinski definition) is 0. The van der Waals surface area contributed by atoms with Crippen LogP contribution in [0.3, 0.4) is 0 Å². The SMILES string of the molecule is CC(C)COC(=O)C(C)C[P+](=O)C(C)OCC(C)C. The molecule has 0 N–H and O–H groups in total. The summed E-state index contributed by atoms with van der Waals surface area (Å²) in [6.07, 6.45) is 0.325. The van der Waals surface area contributed by atoms with Gasteiger partial charge in [0.25, 0.3) is 5.85 Å². The number of hydrogen-bond acceptors (Lipinski definition) is 4. The van der Waals surface area contributed by atoms with Gasteiger partial charge in [-0.25, -0.2) is 0 Å². The lowest BCUT2D eigenvalue weighted by Gasteiger charge is -2.11. The first-order valence-corrected chi connectivity index (χ1v) is 8.47. The van der Waals surface area contributed by atoms with Crippen molar-refractivity contribution in [3.8, 4) is 0 Å². The number of carbonyl (C=O) groups excluding carboxylic acids is 1. The number of esters is 1. The number of ether oxygens (including phenoxy) is 2. The standard InChI is InChI=1S/C14H28O4P/c1-10(2)7-17-13(6)19(16)9-12(5)14(15)18-8-11(3)4/h10-13H,7-9H2,1-6H3/q+1. The first-order valence-electron chi connectivity index (χ1n) is 6.96. The molecule has 0 saturated carbocycles. The highest BCUT2D eigenvalue weighted by atomic mass is 31.1. The summed E-state index contributed by atoms with van der Waals surface area (Å²) in [6.45, 7) is 12.6. The molecule has 0 aliphatic heterocycles. The molecular weight excluding hydrogens is 263 g/mol. The smallest absolute Gasteiger partial charge is 0.370 e. The van der Waals surface area contributed by atoms with Gasteiger partial charge in [0.05, 0.1) is 19.1 Å². The van der Waals surface area contributed by atoms with E-state index in [1.165, 1.54) is 0 Å². The Kier molecular flexibility index (Phi) is 9.20. The van der Waals surface area contributed by atoms with E-state index in [0.717, 1.165) is 0 Å². The molecule has 0 heterocycles. The van der Waals surface area contributed by atoms with Crippen LogP contribution in [-0.4, -0.2) is 31.2 Å². The van der Waals surface area contributed by atoms with Crippen molar-refractivity contribution < 1.29 is 18.8 Å². The van der Waals surface area contributed by atoms with Gasteiger partial charge >= 0.3 is 13.8 Å². The minimum absolute atomic E-state index is 0.270. The summed E-state index contributed by atoms with van der Waals surface area (Å²) in [5.74, 6) is -0.184. The summed E-state index contributed by atoms with van der Waals surface area (Å²) >= 11 is 0. The van der Waals surface area contributed by atoms with Crippen LogP contribution in [0.1, 0.15) is 41.5 Å². The Balaban J connectivity index is 4.06.